The lowest BCUT2D eigenvalue weighted by Gasteiger charge is -2.31. The molecule has 2 aromatic carbocycles. The molecule has 1 aliphatic carbocycles. The van der Waals surface area contributed by atoms with Gasteiger partial charge in [0.2, 0.25) is 0 Å². The number of fused-ring (bicyclic) bond motifs is 3. The summed E-state index contributed by atoms with van der Waals surface area (Å²) in [5.41, 5.74) is 2.92. The first-order valence-corrected chi connectivity index (χ1v) is 13.8. The highest BCUT2D eigenvalue weighted by atomic mass is 16.5. The van der Waals surface area contributed by atoms with E-state index in [-0.39, 0.29) is 18.0 Å². The molecule has 2 aliphatic heterocycles. The Morgan fingerprint density at radius 3 is 1.92 bits per heavy atom. The van der Waals surface area contributed by atoms with Gasteiger partial charge < -0.3 is 24.8 Å². The van der Waals surface area contributed by atoms with Crippen LogP contribution in [0.5, 0.6) is 17.2 Å². The highest BCUT2D eigenvalue weighted by Crippen LogP contribution is 2.51. The number of nitrogens with one attached hydrogen (secondary N) is 2. The fourth-order valence-corrected chi connectivity index (χ4v) is 6.26. The summed E-state index contributed by atoms with van der Waals surface area (Å²) < 4.78 is 19.1. The van der Waals surface area contributed by atoms with Gasteiger partial charge in [0.05, 0.1) is 12.7 Å². The fourth-order valence-electron chi connectivity index (χ4n) is 6.26. The number of benzene rings is 2. The van der Waals surface area contributed by atoms with E-state index in [9.17, 15) is 4.79 Å². The molecular weight excluding hydrogens is 452 g/mol. The molecule has 2 fully saturated rings. The van der Waals surface area contributed by atoms with Gasteiger partial charge >= 0.3 is 0 Å². The SMILES string of the molecule is CCC(Oc1ccc(OC)c2c1C(=O)c1cccc(OC(CC)C3CCCNC3)c1-2)C1CCCNC1. The average molecular weight is 493 g/mol. The molecule has 3 aliphatic rings. The van der Waals surface area contributed by atoms with Gasteiger partial charge in [0.15, 0.2) is 5.78 Å². The molecule has 0 bridgehead atoms. The summed E-state index contributed by atoms with van der Waals surface area (Å²) in [4.78, 5) is 13.8. The number of piperidine rings is 2. The zero-order valence-electron chi connectivity index (χ0n) is 21.9. The number of ether oxygens (including phenoxy) is 3. The molecular formula is C30H40N2O4. The summed E-state index contributed by atoms with van der Waals surface area (Å²) in [6.07, 6.45) is 6.60. The second kappa shape index (κ2) is 11.2. The van der Waals surface area contributed by atoms with Gasteiger partial charge in [0.25, 0.3) is 0 Å². The molecule has 6 heteroatoms. The van der Waals surface area contributed by atoms with E-state index in [2.05, 4.69) is 24.5 Å². The molecule has 194 valence electrons. The lowest BCUT2D eigenvalue weighted by atomic mass is 9.92. The van der Waals surface area contributed by atoms with Crippen molar-refractivity contribution in [2.24, 2.45) is 11.8 Å². The molecule has 6 nitrogen and oxygen atoms in total. The molecule has 2 aromatic rings. The van der Waals surface area contributed by atoms with Crippen LogP contribution in [-0.4, -0.2) is 51.3 Å². The van der Waals surface area contributed by atoms with Crippen molar-refractivity contribution in [3.05, 3.63) is 41.5 Å². The van der Waals surface area contributed by atoms with Crippen molar-refractivity contribution in [2.45, 2.75) is 64.6 Å². The fraction of sp³-hybridized carbons (Fsp3) is 0.567. The minimum Gasteiger partial charge on any atom is -0.496 e. The third-order valence-electron chi connectivity index (χ3n) is 8.18. The third kappa shape index (κ3) is 4.73. The van der Waals surface area contributed by atoms with Crippen LogP contribution < -0.4 is 24.8 Å². The first-order chi connectivity index (χ1) is 17.7. The van der Waals surface area contributed by atoms with Crippen LogP contribution >= 0.6 is 0 Å². The number of hydrogen-bond donors (Lipinski definition) is 2. The Bertz CT molecular complexity index is 1070. The molecule has 0 radical (unpaired) electrons. The van der Waals surface area contributed by atoms with Gasteiger partial charge in [-0.1, -0.05) is 26.0 Å². The smallest absolute Gasteiger partial charge is 0.198 e. The summed E-state index contributed by atoms with van der Waals surface area (Å²) in [6.45, 7) is 8.41. The molecule has 0 amide bonds. The molecule has 4 atom stereocenters. The van der Waals surface area contributed by atoms with Crippen molar-refractivity contribution in [2.75, 3.05) is 33.3 Å². The second-order valence-corrected chi connectivity index (χ2v) is 10.4. The summed E-state index contributed by atoms with van der Waals surface area (Å²) >= 11 is 0. The summed E-state index contributed by atoms with van der Waals surface area (Å²) in [6, 6.07) is 9.67. The Morgan fingerprint density at radius 2 is 1.39 bits per heavy atom. The minimum absolute atomic E-state index is 0.0108. The monoisotopic (exact) mass is 492 g/mol. The molecule has 4 unspecified atom stereocenters. The van der Waals surface area contributed by atoms with E-state index >= 15 is 0 Å². The van der Waals surface area contributed by atoms with Crippen molar-refractivity contribution in [3.63, 3.8) is 0 Å². The van der Waals surface area contributed by atoms with Crippen LogP contribution in [0.4, 0.5) is 0 Å². The van der Waals surface area contributed by atoms with E-state index in [0.717, 1.165) is 75.2 Å². The van der Waals surface area contributed by atoms with Gasteiger partial charge in [-0.25, -0.2) is 0 Å². The molecule has 0 spiro atoms. The normalized spacial score (nSPS) is 22.9. The van der Waals surface area contributed by atoms with Crippen LogP contribution in [0.25, 0.3) is 11.1 Å². The van der Waals surface area contributed by atoms with Gasteiger partial charge in [0.1, 0.15) is 29.5 Å². The maximum Gasteiger partial charge on any atom is 0.198 e. The van der Waals surface area contributed by atoms with Gasteiger partial charge in [-0.3, -0.25) is 4.79 Å². The van der Waals surface area contributed by atoms with E-state index < -0.39 is 0 Å². The van der Waals surface area contributed by atoms with Crippen LogP contribution in [0, 0.1) is 11.8 Å². The zero-order chi connectivity index (χ0) is 25.1. The molecule has 5 rings (SSSR count). The van der Waals surface area contributed by atoms with E-state index in [1.165, 1.54) is 6.42 Å². The first-order valence-electron chi connectivity index (χ1n) is 13.8. The number of hydrogen-bond acceptors (Lipinski definition) is 6. The predicted octanol–water partition coefficient (Wildman–Crippen LogP) is 5.22. The minimum atomic E-state index is -0.0108. The Balaban J connectivity index is 1.52. The number of rotatable bonds is 9. The topological polar surface area (TPSA) is 68.8 Å². The standard InChI is InChI=1S/C30H40N2O4/c1-4-22(19-9-7-15-31-17-19)35-25-12-6-11-21-27(25)28-24(34-3)13-14-26(29(28)30(21)33)36-23(5-2)20-10-8-16-32-18-20/h6,11-14,19-20,22-23,31-32H,4-5,7-10,15-18H2,1-3H3. The van der Waals surface area contributed by atoms with E-state index in [1.807, 2.05) is 30.3 Å². The van der Waals surface area contributed by atoms with Crippen LogP contribution in [0.3, 0.4) is 0 Å². The van der Waals surface area contributed by atoms with Gasteiger partial charge in [-0.2, -0.15) is 0 Å². The molecule has 36 heavy (non-hydrogen) atoms. The summed E-state index contributed by atoms with van der Waals surface area (Å²) in [5.74, 6) is 2.98. The zero-order valence-corrected chi connectivity index (χ0v) is 21.9. The summed E-state index contributed by atoms with van der Waals surface area (Å²) in [5, 5.41) is 7.01. The van der Waals surface area contributed by atoms with Gasteiger partial charge in [-0.05, 0) is 69.8 Å². The van der Waals surface area contributed by atoms with E-state index in [0.29, 0.717) is 34.5 Å². The number of carbonyl (C=O) groups excluding carboxylic acids is 1. The van der Waals surface area contributed by atoms with Crippen molar-refractivity contribution in [1.29, 1.82) is 0 Å². The molecule has 0 saturated carbocycles. The molecule has 2 saturated heterocycles. The Kier molecular flexibility index (Phi) is 7.82. The van der Waals surface area contributed by atoms with Crippen LogP contribution in [-0.2, 0) is 0 Å². The van der Waals surface area contributed by atoms with Crippen molar-refractivity contribution < 1.29 is 19.0 Å². The molecule has 2 heterocycles. The maximum atomic E-state index is 13.8. The van der Waals surface area contributed by atoms with E-state index in [1.54, 1.807) is 7.11 Å². The Morgan fingerprint density at radius 1 is 0.806 bits per heavy atom. The quantitative estimate of drug-likeness (QED) is 0.427. The number of methoxy groups -OCH3 is 1. The van der Waals surface area contributed by atoms with Crippen molar-refractivity contribution in [1.82, 2.24) is 10.6 Å². The van der Waals surface area contributed by atoms with Crippen LogP contribution in [0.15, 0.2) is 30.3 Å². The summed E-state index contributed by atoms with van der Waals surface area (Å²) in [7, 11) is 1.66. The molecule has 0 aromatic heterocycles. The Hall–Kier alpha value is -2.57. The maximum absolute atomic E-state index is 13.8. The average Bonchev–Trinajstić information content (AvgIpc) is 3.25. The third-order valence-corrected chi connectivity index (χ3v) is 8.18. The molecule has 2 N–H and O–H groups in total. The lowest BCUT2D eigenvalue weighted by molar-refractivity contribution is 0.0992. The number of ketones is 1. The van der Waals surface area contributed by atoms with E-state index in [4.69, 9.17) is 14.2 Å². The highest BCUT2D eigenvalue weighted by molar-refractivity contribution is 6.25. The van der Waals surface area contributed by atoms with Crippen LogP contribution in [0.2, 0.25) is 0 Å². The lowest BCUT2D eigenvalue weighted by Crippen LogP contribution is -2.39. The van der Waals surface area contributed by atoms with Crippen molar-refractivity contribution >= 4 is 5.78 Å². The predicted molar refractivity (Wildman–Crippen MR) is 142 cm³/mol. The largest absolute Gasteiger partial charge is 0.496 e. The van der Waals surface area contributed by atoms with Crippen LogP contribution in [0.1, 0.15) is 68.3 Å². The highest BCUT2D eigenvalue weighted by Gasteiger charge is 2.37. The van der Waals surface area contributed by atoms with Gasteiger partial charge in [0, 0.05) is 41.6 Å². The first kappa shape index (κ1) is 25.1. The van der Waals surface area contributed by atoms with Gasteiger partial charge in [-0.15, -0.1) is 0 Å². The number of carbonyl (C=O) groups is 1. The second-order valence-electron chi connectivity index (χ2n) is 10.4. The Labute approximate surface area is 215 Å². The van der Waals surface area contributed by atoms with Crippen molar-refractivity contribution in [3.8, 4) is 28.4 Å².